The van der Waals surface area contributed by atoms with Gasteiger partial charge in [0, 0.05) is 6.04 Å². The van der Waals surface area contributed by atoms with Crippen LogP contribution in [0.1, 0.15) is 38.4 Å². The lowest BCUT2D eigenvalue weighted by Crippen LogP contribution is -2.39. The van der Waals surface area contributed by atoms with Crippen molar-refractivity contribution in [2.24, 2.45) is 10.7 Å². The first-order chi connectivity index (χ1) is 8.58. The molecule has 2 rings (SSSR count). The van der Waals surface area contributed by atoms with Crippen molar-refractivity contribution in [1.29, 1.82) is 0 Å². The van der Waals surface area contributed by atoms with E-state index in [4.69, 9.17) is 10.2 Å². The molecule has 1 heterocycles. The maximum atomic E-state index is 10.2. The highest BCUT2D eigenvalue weighted by Crippen LogP contribution is 2.21. The molecule has 0 aliphatic heterocycles. The first-order valence-electron chi connectivity index (χ1n) is 6.41. The van der Waals surface area contributed by atoms with Crippen LogP contribution >= 0.6 is 0 Å². The van der Waals surface area contributed by atoms with Crippen LogP contribution in [0.25, 0.3) is 0 Å². The van der Waals surface area contributed by atoms with Crippen LogP contribution in [0.15, 0.2) is 27.8 Å². The molecule has 1 aliphatic rings. The average molecular weight is 251 g/mol. The summed E-state index contributed by atoms with van der Waals surface area (Å²) in [6, 6.07) is 3.91. The average Bonchev–Trinajstić information content (AvgIpc) is 2.99. The molecule has 0 amide bonds. The minimum absolute atomic E-state index is 0.187. The molecule has 1 aliphatic carbocycles. The van der Waals surface area contributed by atoms with Crippen molar-refractivity contribution < 1.29 is 9.52 Å². The quantitative estimate of drug-likeness (QED) is 0.557. The van der Waals surface area contributed by atoms with Gasteiger partial charge in [-0.25, -0.2) is 4.99 Å². The molecule has 1 atom stereocenters. The molecule has 100 valence electrons. The summed E-state index contributed by atoms with van der Waals surface area (Å²) in [5, 5.41) is 13.4. The molecule has 0 spiro atoms. The summed E-state index contributed by atoms with van der Waals surface area (Å²) in [7, 11) is 0. The van der Waals surface area contributed by atoms with Crippen LogP contribution in [0.3, 0.4) is 0 Å². The van der Waals surface area contributed by atoms with E-state index in [1.165, 1.54) is 19.1 Å². The Morgan fingerprint density at radius 1 is 1.61 bits per heavy atom. The van der Waals surface area contributed by atoms with Gasteiger partial charge in [0.2, 0.25) is 0 Å². The molecule has 0 bridgehead atoms. The van der Waals surface area contributed by atoms with Crippen molar-refractivity contribution >= 4 is 5.96 Å². The SMILES string of the molecule is CC(O)(CN=C(N)NC1CCCC1)c1ccco1. The highest BCUT2D eigenvalue weighted by molar-refractivity contribution is 5.78. The third-order valence-corrected chi connectivity index (χ3v) is 3.32. The van der Waals surface area contributed by atoms with Crippen LogP contribution < -0.4 is 11.1 Å². The van der Waals surface area contributed by atoms with E-state index < -0.39 is 5.60 Å². The Bertz CT molecular complexity index is 392. The second-order valence-electron chi connectivity index (χ2n) is 5.08. The predicted molar refractivity (Wildman–Crippen MR) is 70.2 cm³/mol. The lowest BCUT2D eigenvalue weighted by Gasteiger charge is -2.19. The third kappa shape index (κ3) is 3.26. The summed E-state index contributed by atoms with van der Waals surface area (Å²) in [6.45, 7) is 1.85. The lowest BCUT2D eigenvalue weighted by molar-refractivity contribution is 0.0437. The minimum Gasteiger partial charge on any atom is -0.466 e. The number of guanidine groups is 1. The van der Waals surface area contributed by atoms with E-state index >= 15 is 0 Å². The number of nitrogens with one attached hydrogen (secondary N) is 1. The summed E-state index contributed by atoms with van der Waals surface area (Å²) in [5.41, 5.74) is 4.69. The van der Waals surface area contributed by atoms with Crippen molar-refractivity contribution in [1.82, 2.24) is 5.32 Å². The van der Waals surface area contributed by atoms with E-state index in [0.717, 1.165) is 12.8 Å². The van der Waals surface area contributed by atoms with Crippen molar-refractivity contribution in [3.05, 3.63) is 24.2 Å². The Labute approximate surface area is 107 Å². The van der Waals surface area contributed by atoms with Crippen LogP contribution in [0, 0.1) is 0 Å². The number of hydrogen-bond acceptors (Lipinski definition) is 3. The van der Waals surface area contributed by atoms with Crippen molar-refractivity contribution in [3.8, 4) is 0 Å². The molecule has 1 aromatic heterocycles. The Hall–Kier alpha value is -1.49. The van der Waals surface area contributed by atoms with Crippen LogP contribution in [0.2, 0.25) is 0 Å². The predicted octanol–water partition coefficient (Wildman–Crippen LogP) is 1.33. The molecule has 18 heavy (non-hydrogen) atoms. The second-order valence-corrected chi connectivity index (χ2v) is 5.08. The van der Waals surface area contributed by atoms with Gasteiger partial charge in [0.1, 0.15) is 11.4 Å². The van der Waals surface area contributed by atoms with Gasteiger partial charge < -0.3 is 20.6 Å². The number of aliphatic imine (C=N–C) groups is 1. The molecule has 1 fully saturated rings. The van der Waals surface area contributed by atoms with Crippen LogP contribution in [0.5, 0.6) is 0 Å². The van der Waals surface area contributed by atoms with E-state index in [1.807, 2.05) is 0 Å². The summed E-state index contributed by atoms with van der Waals surface area (Å²) in [6.07, 6.45) is 6.31. The Kier molecular flexibility index (Phi) is 3.91. The number of nitrogens with two attached hydrogens (primary N) is 1. The van der Waals surface area contributed by atoms with E-state index in [-0.39, 0.29) is 6.54 Å². The van der Waals surface area contributed by atoms with Gasteiger partial charge in [0.05, 0.1) is 12.8 Å². The molecule has 4 N–H and O–H groups in total. The Morgan fingerprint density at radius 2 is 2.33 bits per heavy atom. The van der Waals surface area contributed by atoms with Gasteiger partial charge in [-0.3, -0.25) is 0 Å². The first-order valence-corrected chi connectivity index (χ1v) is 6.41. The molecule has 1 unspecified atom stereocenters. The largest absolute Gasteiger partial charge is 0.466 e. The minimum atomic E-state index is -1.12. The molecule has 5 nitrogen and oxygen atoms in total. The lowest BCUT2D eigenvalue weighted by atomic mass is 10.0. The van der Waals surface area contributed by atoms with Gasteiger partial charge in [-0.1, -0.05) is 12.8 Å². The molecule has 0 aromatic carbocycles. The molecule has 1 aromatic rings. The normalized spacial score (nSPS) is 20.9. The fourth-order valence-electron chi connectivity index (χ4n) is 2.23. The maximum absolute atomic E-state index is 10.2. The monoisotopic (exact) mass is 251 g/mol. The van der Waals surface area contributed by atoms with Crippen LogP contribution in [-0.2, 0) is 5.60 Å². The molecular formula is C13H21N3O2. The first kappa shape index (κ1) is 13.0. The maximum Gasteiger partial charge on any atom is 0.188 e. The number of nitrogens with zero attached hydrogens (tertiary/aromatic N) is 1. The third-order valence-electron chi connectivity index (χ3n) is 3.32. The van der Waals surface area contributed by atoms with Crippen molar-refractivity contribution in [2.75, 3.05) is 6.54 Å². The molecule has 0 saturated heterocycles. The Balaban J connectivity index is 1.88. The van der Waals surface area contributed by atoms with Gasteiger partial charge in [0.15, 0.2) is 5.96 Å². The smallest absolute Gasteiger partial charge is 0.188 e. The standard InChI is InChI=1S/C13H21N3O2/c1-13(17,11-7-4-8-18-11)9-15-12(14)16-10-5-2-3-6-10/h4,7-8,10,17H,2-3,5-6,9H2,1H3,(H3,14,15,16). The van der Waals surface area contributed by atoms with E-state index in [2.05, 4.69) is 10.3 Å². The van der Waals surface area contributed by atoms with Gasteiger partial charge in [-0.2, -0.15) is 0 Å². The molecular weight excluding hydrogens is 230 g/mol. The van der Waals surface area contributed by atoms with E-state index in [9.17, 15) is 5.11 Å². The zero-order chi connectivity index (χ0) is 13.0. The number of furan rings is 1. The van der Waals surface area contributed by atoms with Crippen LogP contribution in [-0.4, -0.2) is 23.7 Å². The summed E-state index contributed by atoms with van der Waals surface area (Å²) in [5.74, 6) is 0.897. The van der Waals surface area contributed by atoms with Gasteiger partial charge in [-0.05, 0) is 31.9 Å². The highest BCUT2D eigenvalue weighted by atomic mass is 16.4. The summed E-state index contributed by atoms with van der Waals surface area (Å²) in [4.78, 5) is 4.19. The highest BCUT2D eigenvalue weighted by Gasteiger charge is 2.26. The van der Waals surface area contributed by atoms with Crippen molar-refractivity contribution in [3.63, 3.8) is 0 Å². The van der Waals surface area contributed by atoms with Gasteiger partial charge in [-0.15, -0.1) is 0 Å². The summed E-state index contributed by atoms with van der Waals surface area (Å²) < 4.78 is 5.18. The zero-order valence-corrected chi connectivity index (χ0v) is 10.7. The Morgan fingerprint density at radius 3 is 2.94 bits per heavy atom. The number of aliphatic hydroxyl groups is 1. The second kappa shape index (κ2) is 5.44. The van der Waals surface area contributed by atoms with Gasteiger partial charge in [0.25, 0.3) is 0 Å². The van der Waals surface area contributed by atoms with E-state index in [1.54, 1.807) is 19.1 Å². The fraction of sp³-hybridized carbons (Fsp3) is 0.615. The molecule has 0 radical (unpaired) electrons. The molecule has 5 heteroatoms. The topological polar surface area (TPSA) is 83.8 Å². The summed E-state index contributed by atoms with van der Waals surface area (Å²) >= 11 is 0. The number of rotatable bonds is 4. The van der Waals surface area contributed by atoms with Gasteiger partial charge >= 0.3 is 0 Å². The van der Waals surface area contributed by atoms with E-state index in [0.29, 0.717) is 17.8 Å². The zero-order valence-electron chi connectivity index (χ0n) is 10.7. The molecule has 1 saturated carbocycles. The van der Waals surface area contributed by atoms with Crippen LogP contribution in [0.4, 0.5) is 0 Å². The fourth-order valence-corrected chi connectivity index (χ4v) is 2.23. The number of hydrogen-bond donors (Lipinski definition) is 3. The van der Waals surface area contributed by atoms with Crippen molar-refractivity contribution in [2.45, 2.75) is 44.2 Å².